The number of amides is 2. The SMILES string of the molecule is O=C(NCCNc1ncc(C(F)(F)F)cc1Cl)C1CCN(C(=O)c2ccco2)CC1. The summed E-state index contributed by atoms with van der Waals surface area (Å²) in [7, 11) is 0. The van der Waals surface area contributed by atoms with E-state index in [0.717, 1.165) is 6.07 Å². The lowest BCUT2D eigenvalue weighted by atomic mass is 9.95. The highest BCUT2D eigenvalue weighted by molar-refractivity contribution is 6.32. The molecule has 2 amide bonds. The Kier molecular flexibility index (Phi) is 6.86. The lowest BCUT2D eigenvalue weighted by molar-refractivity contribution is -0.137. The largest absolute Gasteiger partial charge is 0.459 e. The molecule has 1 fully saturated rings. The number of carbonyl (C=O) groups is 2. The second-order valence-electron chi connectivity index (χ2n) is 6.81. The molecule has 2 aromatic rings. The predicted molar refractivity (Wildman–Crippen MR) is 103 cm³/mol. The Hall–Kier alpha value is -2.75. The molecule has 1 aliphatic heterocycles. The summed E-state index contributed by atoms with van der Waals surface area (Å²) in [5, 5.41) is 5.43. The van der Waals surface area contributed by atoms with Gasteiger partial charge >= 0.3 is 6.18 Å². The minimum absolute atomic E-state index is 0.115. The number of likely N-dealkylation sites (tertiary alicyclic amines) is 1. The van der Waals surface area contributed by atoms with E-state index in [0.29, 0.717) is 32.1 Å². The fraction of sp³-hybridized carbons (Fsp3) is 0.421. The van der Waals surface area contributed by atoms with Crippen LogP contribution in [-0.2, 0) is 11.0 Å². The van der Waals surface area contributed by atoms with Gasteiger partial charge in [0.05, 0.1) is 16.8 Å². The molecular formula is C19H20ClF3N4O3. The Morgan fingerprint density at radius 2 is 2.00 bits per heavy atom. The van der Waals surface area contributed by atoms with E-state index in [4.69, 9.17) is 16.0 Å². The van der Waals surface area contributed by atoms with Crippen molar-refractivity contribution in [2.45, 2.75) is 19.0 Å². The molecule has 0 aromatic carbocycles. The monoisotopic (exact) mass is 444 g/mol. The topological polar surface area (TPSA) is 87.5 Å². The van der Waals surface area contributed by atoms with Crippen molar-refractivity contribution in [3.63, 3.8) is 0 Å². The van der Waals surface area contributed by atoms with E-state index in [-0.39, 0.29) is 47.4 Å². The molecule has 0 spiro atoms. The average molecular weight is 445 g/mol. The van der Waals surface area contributed by atoms with Crippen LogP contribution in [0.1, 0.15) is 29.0 Å². The molecule has 0 atom stereocenters. The third-order valence-corrected chi connectivity index (χ3v) is 5.06. The summed E-state index contributed by atoms with van der Waals surface area (Å²) in [5.74, 6) is -0.140. The smallest absolute Gasteiger partial charge is 0.417 e. The quantitative estimate of drug-likeness (QED) is 0.666. The molecule has 1 saturated heterocycles. The molecule has 11 heteroatoms. The van der Waals surface area contributed by atoms with Gasteiger partial charge in [-0.05, 0) is 31.0 Å². The maximum Gasteiger partial charge on any atom is 0.417 e. The number of pyridine rings is 1. The third kappa shape index (κ3) is 5.44. The van der Waals surface area contributed by atoms with Gasteiger partial charge in [-0.2, -0.15) is 13.2 Å². The standard InChI is InChI=1S/C19H20ClF3N4O3/c20-14-10-13(19(21,22)23)11-26-16(14)24-5-6-25-17(28)12-3-7-27(8-4-12)18(29)15-2-1-9-30-15/h1-2,9-12H,3-8H2,(H,24,26)(H,25,28). The van der Waals surface area contributed by atoms with Crippen LogP contribution in [0.15, 0.2) is 35.1 Å². The van der Waals surface area contributed by atoms with Gasteiger partial charge in [0.1, 0.15) is 5.82 Å². The number of hydrogen-bond acceptors (Lipinski definition) is 5. The molecule has 0 bridgehead atoms. The normalized spacial score (nSPS) is 15.1. The first-order chi connectivity index (χ1) is 14.3. The van der Waals surface area contributed by atoms with Gasteiger partial charge in [-0.25, -0.2) is 4.98 Å². The van der Waals surface area contributed by atoms with Crippen molar-refractivity contribution in [3.8, 4) is 0 Å². The van der Waals surface area contributed by atoms with Crippen LogP contribution in [0, 0.1) is 5.92 Å². The number of nitrogens with one attached hydrogen (secondary N) is 2. The second kappa shape index (κ2) is 9.38. The third-order valence-electron chi connectivity index (χ3n) is 4.77. The van der Waals surface area contributed by atoms with E-state index >= 15 is 0 Å². The first kappa shape index (κ1) is 21.9. The van der Waals surface area contributed by atoms with Gasteiger partial charge in [0.25, 0.3) is 5.91 Å². The van der Waals surface area contributed by atoms with Gasteiger partial charge in [0.2, 0.25) is 5.91 Å². The molecule has 0 aliphatic carbocycles. The second-order valence-corrected chi connectivity index (χ2v) is 7.22. The Bertz CT molecular complexity index is 882. The number of aromatic nitrogens is 1. The van der Waals surface area contributed by atoms with E-state index in [1.54, 1.807) is 17.0 Å². The van der Waals surface area contributed by atoms with Crippen LogP contribution in [0.3, 0.4) is 0 Å². The first-order valence-corrected chi connectivity index (χ1v) is 9.70. The van der Waals surface area contributed by atoms with Gasteiger partial charge in [-0.15, -0.1) is 0 Å². The summed E-state index contributed by atoms with van der Waals surface area (Å²) in [5.41, 5.74) is -0.928. The van der Waals surface area contributed by atoms with Crippen molar-refractivity contribution in [2.75, 3.05) is 31.5 Å². The number of hydrogen-bond donors (Lipinski definition) is 2. The Morgan fingerprint density at radius 3 is 2.60 bits per heavy atom. The summed E-state index contributed by atoms with van der Waals surface area (Å²) in [6.45, 7) is 1.42. The number of halogens is 4. The molecule has 2 aromatic heterocycles. The van der Waals surface area contributed by atoms with E-state index in [1.165, 1.54) is 6.26 Å². The summed E-state index contributed by atoms with van der Waals surface area (Å²) in [6.07, 6.45) is -1.29. The molecule has 2 N–H and O–H groups in total. The van der Waals surface area contributed by atoms with E-state index in [9.17, 15) is 22.8 Å². The molecule has 30 heavy (non-hydrogen) atoms. The van der Waals surface area contributed by atoms with Gasteiger partial charge < -0.3 is 20.0 Å². The minimum atomic E-state index is -4.51. The molecule has 162 valence electrons. The molecule has 3 rings (SSSR count). The number of anilines is 1. The maximum atomic E-state index is 12.6. The van der Waals surface area contributed by atoms with Crippen molar-refractivity contribution in [1.82, 2.24) is 15.2 Å². The Morgan fingerprint density at radius 1 is 1.27 bits per heavy atom. The fourth-order valence-electron chi connectivity index (χ4n) is 3.13. The van der Waals surface area contributed by atoms with E-state index in [1.807, 2.05) is 0 Å². The molecule has 0 saturated carbocycles. The van der Waals surface area contributed by atoms with Crippen LogP contribution >= 0.6 is 11.6 Å². The Labute approximate surface area is 175 Å². The predicted octanol–water partition coefficient (Wildman–Crippen LogP) is 3.43. The van der Waals surface area contributed by atoms with Crippen LogP contribution in [0.5, 0.6) is 0 Å². The van der Waals surface area contributed by atoms with Crippen molar-refractivity contribution < 1.29 is 27.2 Å². The van der Waals surface area contributed by atoms with Crippen molar-refractivity contribution >= 4 is 29.2 Å². The molecule has 1 aliphatic rings. The summed E-state index contributed by atoms with van der Waals surface area (Å²) in [4.78, 5) is 29.9. The lowest BCUT2D eigenvalue weighted by Gasteiger charge is -2.30. The highest BCUT2D eigenvalue weighted by atomic mass is 35.5. The summed E-state index contributed by atoms with van der Waals surface area (Å²) >= 11 is 5.82. The van der Waals surface area contributed by atoms with Crippen LogP contribution in [0.4, 0.5) is 19.0 Å². The number of nitrogens with zero attached hydrogens (tertiary/aromatic N) is 2. The van der Waals surface area contributed by atoms with Crippen LogP contribution in [-0.4, -0.2) is 47.9 Å². The zero-order chi connectivity index (χ0) is 21.7. The number of furan rings is 1. The van der Waals surface area contributed by atoms with Crippen molar-refractivity contribution in [1.29, 1.82) is 0 Å². The first-order valence-electron chi connectivity index (χ1n) is 9.33. The number of piperidine rings is 1. The number of rotatable bonds is 6. The zero-order valence-electron chi connectivity index (χ0n) is 15.8. The van der Waals surface area contributed by atoms with Gasteiger partial charge in [0.15, 0.2) is 5.76 Å². The highest BCUT2D eigenvalue weighted by Gasteiger charge is 2.31. The summed E-state index contributed by atoms with van der Waals surface area (Å²) in [6, 6.07) is 4.05. The van der Waals surface area contributed by atoms with Gasteiger partial charge in [-0.1, -0.05) is 11.6 Å². The molecule has 0 radical (unpaired) electrons. The van der Waals surface area contributed by atoms with Crippen LogP contribution in [0.2, 0.25) is 5.02 Å². The number of carbonyl (C=O) groups excluding carboxylic acids is 2. The molecular weight excluding hydrogens is 425 g/mol. The van der Waals surface area contributed by atoms with Gasteiger partial charge in [0, 0.05) is 38.3 Å². The molecule has 0 unspecified atom stereocenters. The van der Waals surface area contributed by atoms with E-state index in [2.05, 4.69) is 15.6 Å². The average Bonchev–Trinajstić information content (AvgIpc) is 3.25. The maximum absolute atomic E-state index is 12.6. The van der Waals surface area contributed by atoms with Crippen molar-refractivity contribution in [3.05, 3.63) is 47.0 Å². The Balaban J connectivity index is 1.39. The van der Waals surface area contributed by atoms with Gasteiger partial charge in [-0.3, -0.25) is 9.59 Å². The van der Waals surface area contributed by atoms with Crippen LogP contribution in [0.25, 0.3) is 0 Å². The molecule has 3 heterocycles. The highest BCUT2D eigenvalue weighted by Crippen LogP contribution is 2.32. The molecule has 7 nitrogen and oxygen atoms in total. The number of alkyl halides is 3. The lowest BCUT2D eigenvalue weighted by Crippen LogP contribution is -2.43. The van der Waals surface area contributed by atoms with E-state index < -0.39 is 11.7 Å². The van der Waals surface area contributed by atoms with Crippen molar-refractivity contribution in [2.24, 2.45) is 5.92 Å². The van der Waals surface area contributed by atoms with Crippen LogP contribution < -0.4 is 10.6 Å². The minimum Gasteiger partial charge on any atom is -0.459 e. The summed E-state index contributed by atoms with van der Waals surface area (Å²) < 4.78 is 43.0. The zero-order valence-corrected chi connectivity index (χ0v) is 16.6. The fourth-order valence-corrected chi connectivity index (χ4v) is 3.37.